The number of aryl methyl sites for hydroxylation is 1. The first kappa shape index (κ1) is 22.6. The van der Waals surface area contributed by atoms with Crippen molar-refractivity contribution in [1.82, 2.24) is 15.3 Å². The lowest BCUT2D eigenvalue weighted by atomic mass is 9.96. The van der Waals surface area contributed by atoms with Gasteiger partial charge in [0.05, 0.1) is 7.11 Å². The van der Waals surface area contributed by atoms with E-state index in [1.165, 1.54) is 5.56 Å². The van der Waals surface area contributed by atoms with Crippen molar-refractivity contribution in [2.24, 2.45) is 5.92 Å². The van der Waals surface area contributed by atoms with Crippen LogP contribution in [0.2, 0.25) is 0 Å². The van der Waals surface area contributed by atoms with E-state index in [0.717, 1.165) is 62.6 Å². The fourth-order valence-electron chi connectivity index (χ4n) is 4.03. The molecule has 0 aliphatic carbocycles. The molecule has 3 aromatic rings. The van der Waals surface area contributed by atoms with Crippen LogP contribution in [0, 0.1) is 5.92 Å². The average Bonchev–Trinajstić information content (AvgIpc) is 2.88. The molecule has 2 N–H and O–H groups in total. The summed E-state index contributed by atoms with van der Waals surface area (Å²) in [7, 11) is 1.65. The molecule has 0 bridgehead atoms. The van der Waals surface area contributed by atoms with Crippen LogP contribution in [0.1, 0.15) is 24.8 Å². The number of piperidine rings is 1. The summed E-state index contributed by atoms with van der Waals surface area (Å²) in [5.74, 6) is 2.46. The third kappa shape index (κ3) is 6.44. The minimum absolute atomic E-state index is 0.0542. The number of rotatable bonds is 9. The SMILES string of the molecule is COc1ccc(Nc2ccnc(N3CCC(C(=O)NCCCc4ccccc4)CC3)n2)cc1. The van der Waals surface area contributed by atoms with Gasteiger partial charge in [0.1, 0.15) is 11.6 Å². The average molecular weight is 446 g/mol. The summed E-state index contributed by atoms with van der Waals surface area (Å²) in [6.07, 6.45) is 5.32. The molecule has 172 valence electrons. The van der Waals surface area contributed by atoms with Crippen LogP contribution in [0.25, 0.3) is 0 Å². The Bertz CT molecular complexity index is 1020. The van der Waals surface area contributed by atoms with Crippen LogP contribution >= 0.6 is 0 Å². The van der Waals surface area contributed by atoms with Gasteiger partial charge in [-0.3, -0.25) is 4.79 Å². The molecule has 1 aromatic heterocycles. The van der Waals surface area contributed by atoms with Crippen LogP contribution in [-0.4, -0.2) is 42.6 Å². The largest absolute Gasteiger partial charge is 0.497 e. The Hall–Kier alpha value is -3.61. The van der Waals surface area contributed by atoms with E-state index in [4.69, 9.17) is 4.74 Å². The minimum Gasteiger partial charge on any atom is -0.497 e. The summed E-state index contributed by atoms with van der Waals surface area (Å²) in [6, 6.07) is 19.9. The number of nitrogens with zero attached hydrogens (tertiary/aromatic N) is 3. The quantitative estimate of drug-likeness (QED) is 0.481. The normalized spacial score (nSPS) is 14.0. The third-order valence-corrected chi connectivity index (χ3v) is 5.94. The van der Waals surface area contributed by atoms with Crippen molar-refractivity contribution in [2.45, 2.75) is 25.7 Å². The second-order valence-electron chi connectivity index (χ2n) is 8.24. The Labute approximate surface area is 195 Å². The van der Waals surface area contributed by atoms with Gasteiger partial charge in [0, 0.05) is 37.4 Å². The highest BCUT2D eigenvalue weighted by molar-refractivity contribution is 5.78. The predicted octanol–water partition coefficient (Wildman–Crippen LogP) is 4.19. The molecule has 33 heavy (non-hydrogen) atoms. The van der Waals surface area contributed by atoms with Crippen LogP contribution in [0.5, 0.6) is 5.75 Å². The number of hydrogen-bond acceptors (Lipinski definition) is 6. The van der Waals surface area contributed by atoms with Gasteiger partial charge in [0.2, 0.25) is 11.9 Å². The Balaban J connectivity index is 1.22. The number of ether oxygens (including phenoxy) is 1. The second-order valence-corrected chi connectivity index (χ2v) is 8.24. The van der Waals surface area contributed by atoms with Crippen LogP contribution in [0.15, 0.2) is 66.9 Å². The molecule has 0 spiro atoms. The van der Waals surface area contributed by atoms with Crippen LogP contribution in [-0.2, 0) is 11.2 Å². The van der Waals surface area contributed by atoms with Crippen molar-refractivity contribution in [1.29, 1.82) is 0 Å². The fourth-order valence-corrected chi connectivity index (χ4v) is 4.03. The molecular formula is C26H31N5O2. The highest BCUT2D eigenvalue weighted by Crippen LogP contribution is 2.23. The van der Waals surface area contributed by atoms with Gasteiger partial charge in [-0.1, -0.05) is 30.3 Å². The summed E-state index contributed by atoms with van der Waals surface area (Å²) in [6.45, 7) is 2.26. The molecule has 7 nitrogen and oxygen atoms in total. The minimum atomic E-state index is 0.0542. The van der Waals surface area contributed by atoms with Crippen molar-refractivity contribution in [2.75, 3.05) is 37.0 Å². The molecule has 2 aromatic carbocycles. The number of carbonyl (C=O) groups is 1. The molecular weight excluding hydrogens is 414 g/mol. The van der Waals surface area contributed by atoms with E-state index in [0.29, 0.717) is 5.95 Å². The molecule has 7 heteroatoms. The van der Waals surface area contributed by atoms with Crippen molar-refractivity contribution in [3.05, 3.63) is 72.4 Å². The second kappa shape index (κ2) is 11.3. The molecule has 1 fully saturated rings. The fraction of sp³-hybridized carbons (Fsp3) is 0.346. The van der Waals surface area contributed by atoms with Crippen molar-refractivity contribution >= 4 is 23.4 Å². The van der Waals surface area contributed by atoms with Crippen LogP contribution in [0.3, 0.4) is 0 Å². The van der Waals surface area contributed by atoms with Gasteiger partial charge in [-0.2, -0.15) is 4.98 Å². The Morgan fingerprint density at radius 2 is 1.82 bits per heavy atom. The zero-order chi connectivity index (χ0) is 22.9. The van der Waals surface area contributed by atoms with Gasteiger partial charge in [-0.15, -0.1) is 0 Å². The topological polar surface area (TPSA) is 79.4 Å². The van der Waals surface area contributed by atoms with E-state index in [-0.39, 0.29) is 11.8 Å². The zero-order valence-corrected chi connectivity index (χ0v) is 19.0. The smallest absolute Gasteiger partial charge is 0.227 e. The lowest BCUT2D eigenvalue weighted by molar-refractivity contribution is -0.125. The van der Waals surface area contributed by atoms with E-state index in [2.05, 4.69) is 49.8 Å². The van der Waals surface area contributed by atoms with Crippen molar-refractivity contribution in [3.63, 3.8) is 0 Å². The maximum Gasteiger partial charge on any atom is 0.227 e. The number of carbonyl (C=O) groups excluding carboxylic acids is 1. The summed E-state index contributed by atoms with van der Waals surface area (Å²) in [5, 5.41) is 6.42. The number of nitrogens with one attached hydrogen (secondary N) is 2. The number of anilines is 3. The number of aromatic nitrogens is 2. The monoisotopic (exact) mass is 445 g/mol. The van der Waals surface area contributed by atoms with Crippen molar-refractivity contribution < 1.29 is 9.53 Å². The maximum atomic E-state index is 12.6. The first-order valence-corrected chi connectivity index (χ1v) is 11.5. The molecule has 0 atom stereocenters. The molecule has 0 unspecified atom stereocenters. The van der Waals surface area contributed by atoms with Crippen LogP contribution < -0.4 is 20.3 Å². The number of amides is 1. The highest BCUT2D eigenvalue weighted by atomic mass is 16.5. The summed E-state index contributed by atoms with van der Waals surface area (Å²) in [5.41, 5.74) is 2.24. The zero-order valence-electron chi connectivity index (χ0n) is 19.0. The Morgan fingerprint density at radius 3 is 2.55 bits per heavy atom. The summed E-state index contributed by atoms with van der Waals surface area (Å²) >= 11 is 0. The maximum absolute atomic E-state index is 12.6. The lowest BCUT2D eigenvalue weighted by Gasteiger charge is -2.31. The molecule has 0 saturated carbocycles. The molecule has 1 amide bonds. The van der Waals surface area contributed by atoms with Crippen molar-refractivity contribution in [3.8, 4) is 5.75 Å². The van der Waals surface area contributed by atoms with Gasteiger partial charge < -0.3 is 20.3 Å². The lowest BCUT2D eigenvalue weighted by Crippen LogP contribution is -2.41. The summed E-state index contributed by atoms with van der Waals surface area (Å²) in [4.78, 5) is 23.8. The summed E-state index contributed by atoms with van der Waals surface area (Å²) < 4.78 is 5.20. The molecule has 1 aliphatic heterocycles. The van der Waals surface area contributed by atoms with Gasteiger partial charge in [-0.25, -0.2) is 4.98 Å². The Kier molecular flexibility index (Phi) is 7.74. The standard InChI is InChI=1S/C26H31N5O2/c1-33-23-11-9-22(10-12-23)29-24-13-17-28-26(30-24)31-18-14-21(15-19-31)25(32)27-16-5-8-20-6-3-2-4-7-20/h2-4,6-7,9-13,17,21H,5,8,14-16,18-19H2,1H3,(H,27,32)(H,28,29,30). The first-order valence-electron chi connectivity index (χ1n) is 11.5. The van der Waals surface area contributed by atoms with E-state index in [1.807, 2.05) is 36.4 Å². The number of methoxy groups -OCH3 is 1. The van der Waals surface area contributed by atoms with Gasteiger partial charge in [0.15, 0.2) is 0 Å². The highest BCUT2D eigenvalue weighted by Gasteiger charge is 2.26. The van der Waals surface area contributed by atoms with Gasteiger partial charge in [0.25, 0.3) is 0 Å². The van der Waals surface area contributed by atoms with Gasteiger partial charge in [-0.05, 0) is 61.6 Å². The van der Waals surface area contributed by atoms with Crippen LogP contribution in [0.4, 0.5) is 17.5 Å². The molecule has 1 aliphatic rings. The predicted molar refractivity (Wildman–Crippen MR) is 131 cm³/mol. The van der Waals surface area contributed by atoms with E-state index < -0.39 is 0 Å². The molecule has 4 rings (SSSR count). The molecule has 2 heterocycles. The Morgan fingerprint density at radius 1 is 1.06 bits per heavy atom. The molecule has 1 saturated heterocycles. The van der Waals surface area contributed by atoms with E-state index >= 15 is 0 Å². The number of benzene rings is 2. The van der Waals surface area contributed by atoms with E-state index in [9.17, 15) is 4.79 Å². The third-order valence-electron chi connectivity index (χ3n) is 5.94. The first-order chi connectivity index (χ1) is 16.2. The molecule has 0 radical (unpaired) electrons. The van der Waals surface area contributed by atoms with Gasteiger partial charge >= 0.3 is 0 Å². The van der Waals surface area contributed by atoms with E-state index in [1.54, 1.807) is 13.3 Å². The number of hydrogen-bond donors (Lipinski definition) is 2.